The van der Waals surface area contributed by atoms with Crippen LogP contribution in [0.5, 0.6) is 11.5 Å². The van der Waals surface area contributed by atoms with Gasteiger partial charge in [0.1, 0.15) is 11.5 Å². The van der Waals surface area contributed by atoms with Gasteiger partial charge in [0, 0.05) is 27.7 Å². The molecule has 0 amide bonds. The van der Waals surface area contributed by atoms with Gasteiger partial charge in [-0.25, -0.2) is 0 Å². The Kier molecular flexibility index (Phi) is 3.91. The van der Waals surface area contributed by atoms with Crippen molar-refractivity contribution in [3.63, 3.8) is 0 Å². The predicted molar refractivity (Wildman–Crippen MR) is 111 cm³/mol. The first-order chi connectivity index (χ1) is 13.7. The molecule has 3 aromatic rings. The van der Waals surface area contributed by atoms with E-state index in [-0.39, 0.29) is 16.8 Å². The maximum Gasteiger partial charge on any atom is 0.193 e. The van der Waals surface area contributed by atoms with Crippen LogP contribution in [-0.2, 0) is 0 Å². The average molecular weight is 387 g/mol. The van der Waals surface area contributed by atoms with Crippen LogP contribution in [0.4, 0.5) is 5.69 Å². The lowest BCUT2D eigenvalue weighted by atomic mass is 10.00. The lowest BCUT2D eigenvalue weighted by Crippen LogP contribution is -2.07. The summed E-state index contributed by atoms with van der Waals surface area (Å²) in [6.07, 6.45) is 0. The molecule has 138 valence electrons. The van der Waals surface area contributed by atoms with E-state index in [2.05, 4.69) is 5.32 Å². The fourth-order valence-corrected chi connectivity index (χ4v) is 5.06. The Morgan fingerprint density at radius 2 is 1.75 bits per heavy atom. The van der Waals surface area contributed by atoms with Crippen LogP contribution >= 0.6 is 11.8 Å². The topological polar surface area (TPSA) is 58.6 Å². The normalized spacial score (nSPS) is 17.3. The minimum atomic E-state index is -0.271. The van der Waals surface area contributed by atoms with Crippen molar-refractivity contribution in [3.05, 3.63) is 89.0 Å². The van der Waals surface area contributed by atoms with Crippen LogP contribution in [0.15, 0.2) is 77.2 Å². The summed E-state index contributed by atoms with van der Waals surface area (Å²) in [7, 11) is 1.57. The quantitative estimate of drug-likeness (QED) is 0.628. The molecular formula is C23H17NO3S. The molecule has 2 N–H and O–H groups in total. The van der Waals surface area contributed by atoms with Gasteiger partial charge in [-0.15, -0.1) is 11.8 Å². The number of ketones is 1. The molecule has 5 heteroatoms. The zero-order chi connectivity index (χ0) is 19.3. The fourth-order valence-electron chi connectivity index (χ4n) is 3.79. The second kappa shape index (κ2) is 6.46. The third-order valence-electron chi connectivity index (χ3n) is 5.06. The zero-order valence-electron chi connectivity index (χ0n) is 15.1. The highest BCUT2D eigenvalue weighted by molar-refractivity contribution is 8.00. The first-order valence-electron chi connectivity index (χ1n) is 8.94. The Hall–Kier alpha value is -3.18. The Labute approximate surface area is 166 Å². The third-order valence-corrected chi connectivity index (χ3v) is 6.41. The van der Waals surface area contributed by atoms with Crippen molar-refractivity contribution in [1.82, 2.24) is 0 Å². The molecule has 2 aliphatic rings. The first-order valence-corrected chi connectivity index (χ1v) is 9.82. The van der Waals surface area contributed by atoms with Crippen molar-refractivity contribution < 1.29 is 14.6 Å². The third kappa shape index (κ3) is 2.59. The standard InChI is InChI=1S/C23H17NO3S/c1-27-15-11-13(10-14(25)12-15)23-20-21(16-6-2-3-7-17(16)22(20)26)24-18-8-4-5-9-19(18)28-23/h2-12,23-25H,1H3. The summed E-state index contributed by atoms with van der Waals surface area (Å²) in [6.45, 7) is 0. The smallest absolute Gasteiger partial charge is 0.193 e. The van der Waals surface area contributed by atoms with Crippen LogP contribution < -0.4 is 10.1 Å². The number of rotatable bonds is 2. The number of benzene rings is 3. The number of Topliss-reactive ketones (excluding diaryl/α,β-unsaturated/α-hetero) is 1. The number of para-hydroxylation sites is 1. The minimum Gasteiger partial charge on any atom is -0.508 e. The first kappa shape index (κ1) is 17.0. The molecule has 0 radical (unpaired) electrons. The lowest BCUT2D eigenvalue weighted by molar-refractivity contribution is 0.103. The zero-order valence-corrected chi connectivity index (χ0v) is 15.9. The number of aromatic hydroxyl groups is 1. The van der Waals surface area contributed by atoms with Gasteiger partial charge < -0.3 is 15.2 Å². The van der Waals surface area contributed by atoms with Gasteiger partial charge >= 0.3 is 0 Å². The molecule has 0 bridgehead atoms. The van der Waals surface area contributed by atoms with Crippen LogP contribution in [0.2, 0.25) is 0 Å². The number of phenols is 1. The van der Waals surface area contributed by atoms with Crippen molar-refractivity contribution in [2.45, 2.75) is 10.1 Å². The number of carbonyl (C=O) groups is 1. The Bertz CT molecular complexity index is 1150. The number of carbonyl (C=O) groups excluding carboxylic acids is 1. The van der Waals surface area contributed by atoms with Crippen LogP contribution in [-0.4, -0.2) is 18.0 Å². The van der Waals surface area contributed by atoms with Gasteiger partial charge in [0.05, 0.1) is 23.7 Å². The van der Waals surface area contributed by atoms with E-state index >= 15 is 0 Å². The summed E-state index contributed by atoms with van der Waals surface area (Å²) >= 11 is 1.60. The number of methoxy groups -OCH3 is 1. The largest absolute Gasteiger partial charge is 0.508 e. The lowest BCUT2D eigenvalue weighted by Gasteiger charge is -2.18. The summed E-state index contributed by atoms with van der Waals surface area (Å²) in [5.41, 5.74) is 4.96. The molecule has 1 aliphatic carbocycles. The van der Waals surface area contributed by atoms with E-state index in [1.165, 1.54) is 0 Å². The number of ether oxygens (including phenoxy) is 1. The van der Waals surface area contributed by atoms with Gasteiger partial charge in [-0.3, -0.25) is 4.79 Å². The number of thioether (sulfide) groups is 1. The second-order valence-corrected chi connectivity index (χ2v) is 7.89. The molecule has 0 aromatic heterocycles. The van der Waals surface area contributed by atoms with Crippen LogP contribution in [0.3, 0.4) is 0 Å². The number of nitrogens with one attached hydrogen (secondary N) is 1. The number of phenolic OH excluding ortho intramolecular Hbond substituents is 1. The molecule has 1 unspecified atom stereocenters. The predicted octanol–water partition coefficient (Wildman–Crippen LogP) is 5.27. The maximum absolute atomic E-state index is 13.4. The monoisotopic (exact) mass is 387 g/mol. The van der Waals surface area contributed by atoms with E-state index in [0.29, 0.717) is 16.9 Å². The molecule has 1 aliphatic heterocycles. The molecule has 0 saturated carbocycles. The highest BCUT2D eigenvalue weighted by Gasteiger charge is 2.38. The van der Waals surface area contributed by atoms with Crippen molar-refractivity contribution >= 4 is 28.9 Å². The highest BCUT2D eigenvalue weighted by atomic mass is 32.2. The highest BCUT2D eigenvalue weighted by Crippen LogP contribution is 2.53. The van der Waals surface area contributed by atoms with E-state index in [9.17, 15) is 9.90 Å². The Balaban J connectivity index is 1.75. The molecule has 0 fully saturated rings. The number of fused-ring (bicyclic) bond motifs is 3. The summed E-state index contributed by atoms with van der Waals surface area (Å²) in [5.74, 6) is 0.697. The van der Waals surface area contributed by atoms with Crippen molar-refractivity contribution in [3.8, 4) is 11.5 Å². The Morgan fingerprint density at radius 1 is 1.00 bits per heavy atom. The van der Waals surface area contributed by atoms with E-state index in [4.69, 9.17) is 4.74 Å². The van der Waals surface area contributed by atoms with E-state index in [1.54, 1.807) is 31.0 Å². The summed E-state index contributed by atoms with van der Waals surface area (Å²) in [5, 5.41) is 13.4. The molecule has 5 rings (SSSR count). The van der Waals surface area contributed by atoms with Gasteiger partial charge in [-0.05, 0) is 29.8 Å². The van der Waals surface area contributed by atoms with Gasteiger partial charge in [0.2, 0.25) is 0 Å². The average Bonchev–Trinajstić information content (AvgIpc) is 2.88. The van der Waals surface area contributed by atoms with E-state index < -0.39 is 0 Å². The molecule has 1 heterocycles. The summed E-state index contributed by atoms with van der Waals surface area (Å²) < 4.78 is 5.34. The van der Waals surface area contributed by atoms with Gasteiger partial charge in [0.15, 0.2) is 5.78 Å². The van der Waals surface area contributed by atoms with Crippen LogP contribution in [0.25, 0.3) is 5.70 Å². The van der Waals surface area contributed by atoms with E-state index in [1.807, 2.05) is 54.6 Å². The Morgan fingerprint density at radius 3 is 2.57 bits per heavy atom. The minimum absolute atomic E-state index is 0.0192. The van der Waals surface area contributed by atoms with Crippen molar-refractivity contribution in [1.29, 1.82) is 0 Å². The van der Waals surface area contributed by atoms with Gasteiger partial charge in [0.25, 0.3) is 0 Å². The molecular weight excluding hydrogens is 370 g/mol. The van der Waals surface area contributed by atoms with Gasteiger partial charge in [-0.2, -0.15) is 0 Å². The summed E-state index contributed by atoms with van der Waals surface area (Å²) in [4.78, 5) is 14.4. The second-order valence-electron chi connectivity index (χ2n) is 6.75. The fraction of sp³-hybridized carbons (Fsp3) is 0.0870. The number of hydrogen-bond donors (Lipinski definition) is 2. The molecule has 1 atom stereocenters. The molecule has 28 heavy (non-hydrogen) atoms. The summed E-state index contributed by atoms with van der Waals surface area (Å²) in [6, 6.07) is 20.8. The molecule has 3 aromatic carbocycles. The van der Waals surface area contributed by atoms with Crippen molar-refractivity contribution in [2.24, 2.45) is 0 Å². The maximum atomic E-state index is 13.4. The number of hydrogen-bond acceptors (Lipinski definition) is 5. The van der Waals surface area contributed by atoms with Crippen LogP contribution in [0.1, 0.15) is 26.7 Å². The van der Waals surface area contributed by atoms with E-state index in [0.717, 1.165) is 27.4 Å². The molecule has 0 spiro atoms. The van der Waals surface area contributed by atoms with Crippen molar-refractivity contribution in [2.75, 3.05) is 12.4 Å². The van der Waals surface area contributed by atoms with Gasteiger partial charge in [-0.1, -0.05) is 36.4 Å². The SMILES string of the molecule is COc1cc(O)cc(C2Sc3ccccc3NC3=C2C(=O)c2ccccc23)c1. The molecule has 4 nitrogen and oxygen atoms in total. The number of anilines is 1. The van der Waals surface area contributed by atoms with Crippen LogP contribution in [0, 0.1) is 0 Å². The molecule has 0 saturated heterocycles.